The van der Waals surface area contributed by atoms with E-state index in [9.17, 15) is 13.5 Å². The predicted molar refractivity (Wildman–Crippen MR) is 101 cm³/mol. The molecule has 146 valence electrons. The Morgan fingerprint density at radius 2 is 1.88 bits per heavy atom. The molecule has 26 heavy (non-hydrogen) atoms. The van der Waals surface area contributed by atoms with Crippen LogP contribution in [-0.2, 0) is 16.4 Å². The molecule has 0 aliphatic carbocycles. The van der Waals surface area contributed by atoms with E-state index in [-0.39, 0.29) is 11.5 Å². The monoisotopic (exact) mass is 385 g/mol. The van der Waals surface area contributed by atoms with Crippen LogP contribution in [0.15, 0.2) is 17.1 Å². The van der Waals surface area contributed by atoms with Crippen molar-refractivity contribution in [2.45, 2.75) is 25.1 Å². The van der Waals surface area contributed by atoms with Gasteiger partial charge in [0.05, 0.1) is 24.7 Å². The minimum absolute atomic E-state index is 0.0499. The van der Waals surface area contributed by atoms with Crippen molar-refractivity contribution in [1.29, 1.82) is 0 Å². The number of aliphatic imine (C=N–C) groups is 1. The molecule has 0 spiro atoms. The molecule has 1 saturated heterocycles. The van der Waals surface area contributed by atoms with Gasteiger partial charge >= 0.3 is 0 Å². The number of aromatic hydroxyl groups is 1. The Balaban J connectivity index is 2.13. The summed E-state index contributed by atoms with van der Waals surface area (Å²) >= 11 is 0. The first kappa shape index (κ1) is 20.2. The number of nitrogens with zero attached hydrogens (tertiary/aromatic N) is 2. The summed E-state index contributed by atoms with van der Waals surface area (Å²) in [5.41, 5.74) is 0.835. The first-order valence-corrected chi connectivity index (χ1v) is 9.92. The number of phenolic OH excluding ortho intramolecular Hbond substituents is 1. The molecule has 1 aliphatic heterocycles. The van der Waals surface area contributed by atoms with Crippen molar-refractivity contribution in [3.8, 4) is 17.2 Å². The second-order valence-corrected chi connectivity index (χ2v) is 9.49. The first-order chi connectivity index (χ1) is 12.1. The molecule has 0 bridgehead atoms. The average molecular weight is 385 g/mol. The van der Waals surface area contributed by atoms with Crippen LogP contribution in [0.4, 0.5) is 0 Å². The van der Waals surface area contributed by atoms with Crippen LogP contribution in [-0.4, -0.2) is 69.2 Å². The molecule has 0 saturated carbocycles. The van der Waals surface area contributed by atoms with Gasteiger partial charge in [0.25, 0.3) is 0 Å². The maximum atomic E-state index is 12.2. The number of phenols is 1. The zero-order chi connectivity index (χ0) is 19.5. The minimum atomic E-state index is -3.11. The molecule has 1 fully saturated rings. The van der Waals surface area contributed by atoms with E-state index in [0.29, 0.717) is 37.1 Å². The second kappa shape index (κ2) is 7.61. The van der Waals surface area contributed by atoms with Gasteiger partial charge in [-0.2, -0.15) is 0 Å². The normalized spacial score (nSPS) is 19.1. The molecule has 2 N–H and O–H groups in total. The van der Waals surface area contributed by atoms with Crippen molar-refractivity contribution in [3.63, 3.8) is 0 Å². The molecule has 9 heteroatoms. The Bertz CT molecular complexity index is 765. The molecule has 2 rings (SSSR count). The maximum Gasteiger partial charge on any atom is 0.200 e. The fourth-order valence-corrected chi connectivity index (χ4v) is 4.25. The SMILES string of the molecule is CN=C(NCc1cc(OC)c(O)c(OC)c1)N1CCS(=O)(=O)C(C)(C)C1. The lowest BCUT2D eigenvalue weighted by Crippen LogP contribution is -2.57. The van der Waals surface area contributed by atoms with Gasteiger partial charge in [-0.3, -0.25) is 4.99 Å². The van der Waals surface area contributed by atoms with Crippen molar-refractivity contribution in [2.24, 2.45) is 4.99 Å². The van der Waals surface area contributed by atoms with E-state index in [1.807, 2.05) is 4.90 Å². The lowest BCUT2D eigenvalue weighted by molar-refractivity contribution is 0.338. The van der Waals surface area contributed by atoms with Gasteiger partial charge in [-0.1, -0.05) is 0 Å². The Morgan fingerprint density at radius 3 is 2.35 bits per heavy atom. The van der Waals surface area contributed by atoms with Crippen LogP contribution >= 0.6 is 0 Å². The minimum Gasteiger partial charge on any atom is -0.502 e. The highest BCUT2D eigenvalue weighted by Crippen LogP contribution is 2.37. The third kappa shape index (κ3) is 3.98. The molecule has 0 radical (unpaired) electrons. The van der Waals surface area contributed by atoms with E-state index in [1.54, 1.807) is 33.0 Å². The highest BCUT2D eigenvalue weighted by Gasteiger charge is 2.40. The van der Waals surface area contributed by atoms with Crippen molar-refractivity contribution >= 4 is 15.8 Å². The summed E-state index contributed by atoms with van der Waals surface area (Å²) in [6.07, 6.45) is 0. The highest BCUT2D eigenvalue weighted by molar-refractivity contribution is 7.92. The summed E-state index contributed by atoms with van der Waals surface area (Å²) in [6, 6.07) is 3.42. The first-order valence-electron chi connectivity index (χ1n) is 8.27. The van der Waals surface area contributed by atoms with Gasteiger partial charge in [0.2, 0.25) is 5.75 Å². The molecule has 0 unspecified atom stereocenters. The molecule has 1 aromatic rings. The smallest absolute Gasteiger partial charge is 0.200 e. The van der Waals surface area contributed by atoms with E-state index in [1.165, 1.54) is 14.2 Å². The van der Waals surface area contributed by atoms with Gasteiger partial charge in [0.15, 0.2) is 27.3 Å². The van der Waals surface area contributed by atoms with Gasteiger partial charge in [-0.15, -0.1) is 0 Å². The molecular weight excluding hydrogens is 358 g/mol. The molecule has 1 aromatic carbocycles. The van der Waals surface area contributed by atoms with Crippen LogP contribution in [0.3, 0.4) is 0 Å². The standard InChI is InChI=1S/C17H27N3O5S/c1-17(2)11-20(6-7-26(17,22)23)16(18-3)19-10-12-8-13(24-4)15(21)14(9-12)25-5/h8-9,21H,6-7,10-11H2,1-5H3,(H,18,19). The van der Waals surface area contributed by atoms with Gasteiger partial charge in [0.1, 0.15) is 0 Å². The third-order valence-electron chi connectivity index (χ3n) is 4.55. The van der Waals surface area contributed by atoms with E-state index in [2.05, 4.69) is 10.3 Å². The Kier molecular flexibility index (Phi) is 5.90. The fraction of sp³-hybridized carbons (Fsp3) is 0.588. The van der Waals surface area contributed by atoms with Crippen molar-refractivity contribution in [2.75, 3.05) is 40.1 Å². The van der Waals surface area contributed by atoms with E-state index in [0.717, 1.165) is 5.56 Å². The van der Waals surface area contributed by atoms with Gasteiger partial charge in [0, 0.05) is 26.7 Å². The number of ether oxygens (including phenoxy) is 2. The van der Waals surface area contributed by atoms with Crippen LogP contribution in [0.1, 0.15) is 19.4 Å². The number of guanidine groups is 1. The number of hydrogen-bond acceptors (Lipinski definition) is 6. The maximum absolute atomic E-state index is 12.2. The summed E-state index contributed by atoms with van der Waals surface area (Å²) in [6.45, 7) is 4.66. The third-order valence-corrected chi connectivity index (χ3v) is 7.08. The largest absolute Gasteiger partial charge is 0.502 e. The Morgan fingerprint density at radius 1 is 1.31 bits per heavy atom. The van der Waals surface area contributed by atoms with E-state index in [4.69, 9.17) is 9.47 Å². The number of methoxy groups -OCH3 is 2. The van der Waals surface area contributed by atoms with Crippen LogP contribution in [0.5, 0.6) is 17.2 Å². The van der Waals surface area contributed by atoms with Crippen molar-refractivity contribution < 1.29 is 23.0 Å². The van der Waals surface area contributed by atoms with Crippen LogP contribution in [0, 0.1) is 0 Å². The molecule has 0 aromatic heterocycles. The zero-order valence-electron chi connectivity index (χ0n) is 15.9. The average Bonchev–Trinajstić information content (AvgIpc) is 2.59. The second-order valence-electron chi connectivity index (χ2n) is 6.75. The summed E-state index contributed by atoms with van der Waals surface area (Å²) in [4.78, 5) is 6.21. The number of hydrogen-bond donors (Lipinski definition) is 2. The molecule has 1 aliphatic rings. The molecule has 1 heterocycles. The van der Waals surface area contributed by atoms with Crippen LogP contribution in [0.2, 0.25) is 0 Å². The summed E-state index contributed by atoms with van der Waals surface area (Å²) in [5, 5.41) is 13.2. The van der Waals surface area contributed by atoms with Crippen molar-refractivity contribution in [1.82, 2.24) is 10.2 Å². The lowest BCUT2D eigenvalue weighted by Gasteiger charge is -2.39. The molecule has 0 atom stereocenters. The molecule has 0 amide bonds. The van der Waals surface area contributed by atoms with Crippen LogP contribution < -0.4 is 14.8 Å². The number of benzene rings is 1. The lowest BCUT2D eigenvalue weighted by atomic mass is 10.1. The summed E-state index contributed by atoms with van der Waals surface area (Å²) in [7, 11) is 1.50. The van der Waals surface area contributed by atoms with Crippen LogP contribution in [0.25, 0.3) is 0 Å². The number of rotatable bonds is 4. The summed E-state index contributed by atoms with van der Waals surface area (Å²) in [5.74, 6) is 1.31. The topological polar surface area (TPSA) is 100 Å². The fourth-order valence-electron chi connectivity index (χ4n) is 2.89. The zero-order valence-corrected chi connectivity index (χ0v) is 16.7. The number of sulfone groups is 1. The molecular formula is C17H27N3O5S. The van der Waals surface area contributed by atoms with E-state index >= 15 is 0 Å². The van der Waals surface area contributed by atoms with Gasteiger partial charge in [-0.05, 0) is 31.5 Å². The Hall–Kier alpha value is -2.16. The summed E-state index contributed by atoms with van der Waals surface area (Å²) < 4.78 is 33.8. The Labute approximate surface area is 154 Å². The highest BCUT2D eigenvalue weighted by atomic mass is 32.2. The van der Waals surface area contributed by atoms with E-state index < -0.39 is 14.6 Å². The predicted octanol–water partition coefficient (Wildman–Crippen LogP) is 0.994. The number of nitrogens with one attached hydrogen (secondary N) is 1. The van der Waals surface area contributed by atoms with Gasteiger partial charge in [-0.25, -0.2) is 8.42 Å². The van der Waals surface area contributed by atoms with Gasteiger partial charge < -0.3 is 24.8 Å². The quantitative estimate of drug-likeness (QED) is 0.589. The molecule has 8 nitrogen and oxygen atoms in total. The van der Waals surface area contributed by atoms with Crippen molar-refractivity contribution in [3.05, 3.63) is 17.7 Å².